The number of nitrogens with zero attached hydrogens (tertiary/aromatic N) is 3. The molecule has 0 radical (unpaired) electrons. The van der Waals surface area contributed by atoms with E-state index in [2.05, 4.69) is 15.4 Å². The molecule has 0 fully saturated rings. The molecule has 22 heavy (non-hydrogen) atoms. The molecule has 3 N–H and O–H groups in total. The second-order valence-electron chi connectivity index (χ2n) is 4.58. The molecule has 1 aromatic heterocycles. The van der Waals surface area contributed by atoms with Gasteiger partial charge in [-0.25, -0.2) is 9.67 Å². The monoisotopic (exact) mass is 345 g/mol. The standard InChI is InChI=1S/C14H19N5O.2ClH/c15-7-1-2-14(20)17-8-12-3-5-13(6-4-12)9-19-11-16-10-18-19;;/h3-6,10-11H,1-2,7-9,15H2,(H,17,20);2*1H. The van der Waals surface area contributed by atoms with Crippen molar-refractivity contribution in [2.45, 2.75) is 25.9 Å². The molecule has 8 heteroatoms. The Morgan fingerprint density at radius 3 is 2.45 bits per heavy atom. The van der Waals surface area contributed by atoms with Crippen molar-refractivity contribution >= 4 is 30.7 Å². The van der Waals surface area contributed by atoms with Crippen molar-refractivity contribution in [3.63, 3.8) is 0 Å². The molecule has 2 aromatic rings. The molecule has 1 aromatic carbocycles. The summed E-state index contributed by atoms with van der Waals surface area (Å²) in [4.78, 5) is 15.4. The van der Waals surface area contributed by atoms with Gasteiger partial charge < -0.3 is 11.1 Å². The molecule has 122 valence electrons. The lowest BCUT2D eigenvalue weighted by Gasteiger charge is -2.06. The van der Waals surface area contributed by atoms with Gasteiger partial charge in [0, 0.05) is 13.0 Å². The number of halogens is 2. The first-order valence-corrected chi connectivity index (χ1v) is 6.65. The van der Waals surface area contributed by atoms with Crippen molar-refractivity contribution < 1.29 is 4.79 Å². The summed E-state index contributed by atoms with van der Waals surface area (Å²) in [6.45, 7) is 1.79. The second kappa shape index (κ2) is 11.0. The fraction of sp³-hybridized carbons (Fsp3) is 0.357. The highest BCUT2D eigenvalue weighted by molar-refractivity contribution is 5.85. The number of benzene rings is 1. The van der Waals surface area contributed by atoms with E-state index in [1.807, 2.05) is 24.3 Å². The fourth-order valence-corrected chi connectivity index (χ4v) is 1.82. The van der Waals surface area contributed by atoms with Gasteiger partial charge in [-0.2, -0.15) is 5.10 Å². The van der Waals surface area contributed by atoms with Crippen LogP contribution in [0.1, 0.15) is 24.0 Å². The van der Waals surface area contributed by atoms with Crippen molar-refractivity contribution in [2.75, 3.05) is 6.54 Å². The maximum Gasteiger partial charge on any atom is 0.220 e. The number of carbonyl (C=O) groups excluding carboxylic acids is 1. The first-order chi connectivity index (χ1) is 9.78. The van der Waals surface area contributed by atoms with Crippen LogP contribution in [0.2, 0.25) is 0 Å². The lowest BCUT2D eigenvalue weighted by Crippen LogP contribution is -2.23. The third kappa shape index (κ3) is 6.89. The third-order valence-electron chi connectivity index (χ3n) is 2.93. The summed E-state index contributed by atoms with van der Waals surface area (Å²) in [6, 6.07) is 8.08. The minimum absolute atomic E-state index is 0. The van der Waals surface area contributed by atoms with Gasteiger partial charge in [-0.3, -0.25) is 4.79 Å². The third-order valence-corrected chi connectivity index (χ3v) is 2.93. The molecule has 0 aliphatic rings. The summed E-state index contributed by atoms with van der Waals surface area (Å²) in [6.07, 6.45) is 4.42. The fourth-order valence-electron chi connectivity index (χ4n) is 1.82. The van der Waals surface area contributed by atoms with E-state index in [-0.39, 0.29) is 30.7 Å². The molecule has 0 spiro atoms. The van der Waals surface area contributed by atoms with E-state index in [1.54, 1.807) is 11.0 Å². The Bertz CT molecular complexity index is 531. The van der Waals surface area contributed by atoms with Crippen LogP contribution in [0.5, 0.6) is 0 Å². The smallest absolute Gasteiger partial charge is 0.220 e. The molecule has 2 rings (SSSR count). The summed E-state index contributed by atoms with van der Waals surface area (Å²) >= 11 is 0. The van der Waals surface area contributed by atoms with Gasteiger partial charge in [0.1, 0.15) is 12.7 Å². The SMILES string of the molecule is Cl.Cl.NCCCC(=O)NCc1ccc(Cn2cncn2)cc1. The number of carbonyl (C=O) groups is 1. The van der Waals surface area contributed by atoms with Crippen LogP contribution in [-0.2, 0) is 17.9 Å². The van der Waals surface area contributed by atoms with Crippen LogP contribution in [0.4, 0.5) is 0 Å². The number of amides is 1. The lowest BCUT2D eigenvalue weighted by atomic mass is 10.1. The summed E-state index contributed by atoms with van der Waals surface area (Å²) in [5, 5.41) is 6.94. The Labute approximate surface area is 142 Å². The summed E-state index contributed by atoms with van der Waals surface area (Å²) < 4.78 is 1.77. The molecule has 0 saturated heterocycles. The minimum atomic E-state index is 0. The van der Waals surface area contributed by atoms with Crippen molar-refractivity contribution in [1.82, 2.24) is 20.1 Å². The van der Waals surface area contributed by atoms with Gasteiger partial charge in [0.2, 0.25) is 5.91 Å². The van der Waals surface area contributed by atoms with Crippen LogP contribution < -0.4 is 11.1 Å². The zero-order chi connectivity index (χ0) is 14.2. The Kier molecular flexibility index (Phi) is 10.2. The molecule has 6 nitrogen and oxygen atoms in total. The van der Waals surface area contributed by atoms with Crippen LogP contribution in [0.3, 0.4) is 0 Å². The average molecular weight is 346 g/mol. The van der Waals surface area contributed by atoms with Crippen LogP contribution >= 0.6 is 24.8 Å². The molecule has 0 unspecified atom stereocenters. The molecule has 1 heterocycles. The zero-order valence-corrected chi connectivity index (χ0v) is 13.8. The summed E-state index contributed by atoms with van der Waals surface area (Å²) in [5.74, 6) is 0.0437. The first kappa shape index (κ1) is 20.4. The Morgan fingerprint density at radius 2 is 1.86 bits per heavy atom. The maximum absolute atomic E-state index is 11.5. The number of nitrogens with two attached hydrogens (primary N) is 1. The van der Waals surface area contributed by atoms with Crippen LogP contribution in [0, 0.1) is 0 Å². The Morgan fingerprint density at radius 1 is 1.18 bits per heavy atom. The topological polar surface area (TPSA) is 85.8 Å². The molecular weight excluding hydrogens is 325 g/mol. The Balaban J connectivity index is 0.00000220. The zero-order valence-electron chi connectivity index (χ0n) is 12.1. The number of rotatable bonds is 7. The van der Waals surface area contributed by atoms with E-state index >= 15 is 0 Å². The van der Waals surface area contributed by atoms with E-state index < -0.39 is 0 Å². The first-order valence-electron chi connectivity index (χ1n) is 6.65. The second-order valence-corrected chi connectivity index (χ2v) is 4.58. The average Bonchev–Trinajstić information content (AvgIpc) is 2.97. The van der Waals surface area contributed by atoms with E-state index in [4.69, 9.17) is 5.73 Å². The van der Waals surface area contributed by atoms with Crippen LogP contribution in [-0.4, -0.2) is 27.2 Å². The van der Waals surface area contributed by atoms with Gasteiger partial charge in [-0.05, 0) is 24.1 Å². The van der Waals surface area contributed by atoms with Gasteiger partial charge in [-0.1, -0.05) is 24.3 Å². The number of hydrogen-bond acceptors (Lipinski definition) is 4. The van der Waals surface area contributed by atoms with Gasteiger partial charge in [-0.15, -0.1) is 24.8 Å². The molecule has 0 saturated carbocycles. The number of hydrogen-bond donors (Lipinski definition) is 2. The highest BCUT2D eigenvalue weighted by atomic mass is 35.5. The predicted octanol–water partition coefficient (Wildman–Crippen LogP) is 1.53. The number of aromatic nitrogens is 3. The quantitative estimate of drug-likeness (QED) is 0.796. The predicted molar refractivity (Wildman–Crippen MR) is 90.2 cm³/mol. The molecule has 0 aliphatic carbocycles. The van der Waals surface area contributed by atoms with Crippen LogP contribution in [0.15, 0.2) is 36.9 Å². The van der Waals surface area contributed by atoms with Crippen LogP contribution in [0.25, 0.3) is 0 Å². The molecule has 0 bridgehead atoms. The summed E-state index contributed by atoms with van der Waals surface area (Å²) in [7, 11) is 0. The minimum Gasteiger partial charge on any atom is -0.352 e. The van der Waals surface area contributed by atoms with Gasteiger partial charge in [0.05, 0.1) is 6.54 Å². The van der Waals surface area contributed by atoms with Crippen molar-refractivity contribution in [2.24, 2.45) is 5.73 Å². The molecule has 0 atom stereocenters. The molecule has 0 aliphatic heterocycles. The van der Waals surface area contributed by atoms with E-state index in [0.29, 0.717) is 26.1 Å². The van der Waals surface area contributed by atoms with Gasteiger partial charge >= 0.3 is 0 Å². The van der Waals surface area contributed by atoms with E-state index in [9.17, 15) is 4.79 Å². The highest BCUT2D eigenvalue weighted by Crippen LogP contribution is 2.06. The van der Waals surface area contributed by atoms with Crippen molar-refractivity contribution in [3.8, 4) is 0 Å². The van der Waals surface area contributed by atoms with Crippen molar-refractivity contribution in [1.29, 1.82) is 0 Å². The summed E-state index contributed by atoms with van der Waals surface area (Å²) in [5.41, 5.74) is 7.59. The van der Waals surface area contributed by atoms with Gasteiger partial charge in [0.15, 0.2) is 0 Å². The van der Waals surface area contributed by atoms with Crippen molar-refractivity contribution in [3.05, 3.63) is 48.0 Å². The van der Waals surface area contributed by atoms with E-state index in [0.717, 1.165) is 17.5 Å². The lowest BCUT2D eigenvalue weighted by molar-refractivity contribution is -0.121. The highest BCUT2D eigenvalue weighted by Gasteiger charge is 2.01. The largest absolute Gasteiger partial charge is 0.352 e. The normalized spacial score (nSPS) is 9.50. The maximum atomic E-state index is 11.5. The molecule has 1 amide bonds. The molecular formula is C14H21Cl2N5O. The van der Waals surface area contributed by atoms with Gasteiger partial charge in [0.25, 0.3) is 0 Å². The number of nitrogens with one attached hydrogen (secondary N) is 1. The Hall–Kier alpha value is -1.63. The van der Waals surface area contributed by atoms with E-state index in [1.165, 1.54) is 6.33 Å².